The van der Waals surface area contributed by atoms with Crippen molar-refractivity contribution in [1.82, 2.24) is 0 Å². The van der Waals surface area contributed by atoms with Crippen LogP contribution in [0.1, 0.15) is 13.8 Å². The van der Waals surface area contributed by atoms with Crippen molar-refractivity contribution in [2.45, 2.75) is 13.8 Å². The smallest absolute Gasteiger partial charge is 0.124 e. The van der Waals surface area contributed by atoms with Crippen molar-refractivity contribution in [3.05, 3.63) is 0 Å². The third-order valence-electron chi connectivity index (χ3n) is 0.925. The molecule has 0 saturated heterocycles. The van der Waals surface area contributed by atoms with Crippen LogP contribution in [0, 0.1) is 0 Å². The largest absolute Gasteiger partial charge is 0.186 e. The Morgan fingerprint density at radius 3 is 1.43 bits per heavy atom. The van der Waals surface area contributed by atoms with Crippen LogP contribution in [0.25, 0.3) is 0 Å². The summed E-state index contributed by atoms with van der Waals surface area (Å²) in [5.41, 5.74) is 0. The summed E-state index contributed by atoms with van der Waals surface area (Å²) in [6.07, 6.45) is 0. The fraction of sp³-hybridized carbons (Fsp3) is 1.00. The molecular formula is C4H10Cl2N+. The molecule has 0 aromatic rings. The molecule has 0 aliphatic heterocycles. The predicted octanol–water partition coefficient (Wildman–Crippen LogP) is 2.15. The Bertz CT molecular complexity index is 47.7. The molecule has 0 rings (SSSR count). The van der Waals surface area contributed by atoms with Crippen LogP contribution in [0.5, 0.6) is 0 Å². The van der Waals surface area contributed by atoms with E-state index in [0.29, 0.717) is 0 Å². The van der Waals surface area contributed by atoms with E-state index in [2.05, 4.69) is 0 Å². The van der Waals surface area contributed by atoms with Crippen LogP contribution >= 0.6 is 23.6 Å². The monoisotopic (exact) mass is 142 g/mol. The Morgan fingerprint density at radius 2 is 1.43 bits per heavy atom. The van der Waals surface area contributed by atoms with Crippen molar-refractivity contribution in [2.24, 2.45) is 0 Å². The molecule has 0 N–H and O–H groups in total. The summed E-state index contributed by atoms with van der Waals surface area (Å²) in [6.45, 7) is 5.42. The lowest BCUT2D eigenvalue weighted by atomic mass is 10.7. The van der Waals surface area contributed by atoms with E-state index in [0.717, 1.165) is 13.1 Å². The summed E-state index contributed by atoms with van der Waals surface area (Å²) in [6, 6.07) is 0. The zero-order valence-corrected chi connectivity index (χ0v) is 6.13. The van der Waals surface area contributed by atoms with Gasteiger partial charge in [0.1, 0.15) is 13.1 Å². The van der Waals surface area contributed by atoms with Crippen LogP contribution < -0.4 is 0 Å². The van der Waals surface area contributed by atoms with Crippen molar-refractivity contribution >= 4 is 23.6 Å². The van der Waals surface area contributed by atoms with Crippen molar-refractivity contribution in [2.75, 3.05) is 13.1 Å². The zero-order valence-electron chi connectivity index (χ0n) is 4.62. The van der Waals surface area contributed by atoms with E-state index in [-0.39, 0.29) is 3.52 Å². The number of hydrogen-bond acceptors (Lipinski definition) is 0. The summed E-state index contributed by atoms with van der Waals surface area (Å²) in [5, 5.41) is 0. The van der Waals surface area contributed by atoms with Crippen LogP contribution in [0.15, 0.2) is 0 Å². The zero-order chi connectivity index (χ0) is 5.91. The van der Waals surface area contributed by atoms with Crippen molar-refractivity contribution in [3.63, 3.8) is 0 Å². The summed E-state index contributed by atoms with van der Waals surface area (Å²) in [5.74, 6) is 0. The minimum atomic E-state index is 0.0833. The molecule has 0 aliphatic rings. The lowest BCUT2D eigenvalue weighted by Crippen LogP contribution is -2.25. The molecule has 3 heteroatoms. The van der Waals surface area contributed by atoms with E-state index in [1.807, 2.05) is 13.8 Å². The van der Waals surface area contributed by atoms with Gasteiger partial charge in [-0.05, 0) is 13.8 Å². The molecule has 7 heavy (non-hydrogen) atoms. The highest BCUT2D eigenvalue weighted by molar-refractivity contribution is 6.23. The Hall–Kier alpha value is 0.540. The van der Waals surface area contributed by atoms with Gasteiger partial charge in [-0.15, -0.1) is 3.52 Å². The van der Waals surface area contributed by atoms with E-state index < -0.39 is 0 Å². The maximum Gasteiger partial charge on any atom is 0.186 e. The molecule has 0 spiro atoms. The third-order valence-corrected chi connectivity index (χ3v) is 1.88. The van der Waals surface area contributed by atoms with Gasteiger partial charge in [-0.1, -0.05) is 0 Å². The first-order valence-electron chi connectivity index (χ1n) is 2.38. The first-order chi connectivity index (χ1) is 3.12. The SMILES string of the molecule is CC[N+](Cl)(Cl)CC. The molecule has 0 radical (unpaired) electrons. The topological polar surface area (TPSA) is 0 Å². The van der Waals surface area contributed by atoms with E-state index in [4.69, 9.17) is 23.6 Å². The minimum Gasteiger partial charge on any atom is -0.124 e. The van der Waals surface area contributed by atoms with Gasteiger partial charge in [-0.2, -0.15) is 0 Å². The molecule has 44 valence electrons. The fourth-order valence-electron chi connectivity index (χ4n) is 0.224. The predicted molar refractivity (Wildman–Crippen MR) is 33.0 cm³/mol. The van der Waals surface area contributed by atoms with Gasteiger partial charge >= 0.3 is 0 Å². The molecule has 0 bridgehead atoms. The minimum absolute atomic E-state index is 0.0833. The van der Waals surface area contributed by atoms with E-state index in [1.54, 1.807) is 0 Å². The van der Waals surface area contributed by atoms with Gasteiger partial charge in [0.15, 0.2) is 23.6 Å². The van der Waals surface area contributed by atoms with Gasteiger partial charge < -0.3 is 0 Å². The maximum atomic E-state index is 5.61. The lowest BCUT2D eigenvalue weighted by Gasteiger charge is -2.12. The maximum absolute atomic E-state index is 5.61. The second kappa shape index (κ2) is 2.75. The quantitative estimate of drug-likeness (QED) is 0.519. The number of rotatable bonds is 2. The highest BCUT2D eigenvalue weighted by Gasteiger charge is 2.16. The van der Waals surface area contributed by atoms with Crippen LogP contribution in [0.4, 0.5) is 0 Å². The molecule has 0 amide bonds. The van der Waals surface area contributed by atoms with Gasteiger partial charge in [0.2, 0.25) is 0 Å². The van der Waals surface area contributed by atoms with Gasteiger partial charge in [-0.3, -0.25) is 0 Å². The highest BCUT2D eigenvalue weighted by atomic mass is 35.5. The Morgan fingerprint density at radius 1 is 1.14 bits per heavy atom. The number of halogens is 2. The first kappa shape index (κ1) is 7.54. The van der Waals surface area contributed by atoms with Crippen molar-refractivity contribution < 1.29 is 3.52 Å². The van der Waals surface area contributed by atoms with Crippen LogP contribution in [0.3, 0.4) is 0 Å². The molecule has 0 atom stereocenters. The Kier molecular flexibility index (Phi) is 2.96. The van der Waals surface area contributed by atoms with Crippen molar-refractivity contribution in [3.8, 4) is 0 Å². The molecule has 0 aliphatic carbocycles. The molecule has 0 aromatic carbocycles. The molecule has 0 unspecified atom stereocenters. The number of hydrogen-bond donors (Lipinski definition) is 0. The van der Waals surface area contributed by atoms with Crippen LogP contribution in [-0.4, -0.2) is 16.6 Å². The highest BCUT2D eigenvalue weighted by Crippen LogP contribution is 2.14. The number of nitrogens with zero attached hydrogens (tertiary/aromatic N) is 1. The lowest BCUT2D eigenvalue weighted by molar-refractivity contribution is -0.685. The van der Waals surface area contributed by atoms with Gasteiger partial charge in [0, 0.05) is 0 Å². The standard InChI is InChI=1S/C4H10Cl2N/c1-3-7(5,6)4-2/h3-4H2,1-2H3/q+1. The first-order valence-corrected chi connectivity index (χ1v) is 3.06. The molecule has 0 saturated carbocycles. The van der Waals surface area contributed by atoms with Crippen LogP contribution in [0.2, 0.25) is 0 Å². The Balaban J connectivity index is 3.36. The third kappa shape index (κ3) is 3.15. The molecule has 1 nitrogen and oxygen atoms in total. The molecule has 0 aromatic heterocycles. The van der Waals surface area contributed by atoms with Crippen molar-refractivity contribution in [1.29, 1.82) is 0 Å². The second-order valence-corrected chi connectivity index (χ2v) is 2.87. The average Bonchev–Trinajstić information content (AvgIpc) is 1.68. The average molecular weight is 143 g/mol. The fourth-order valence-corrected chi connectivity index (χ4v) is 0.224. The molecule has 0 fully saturated rings. The molecular weight excluding hydrogens is 133 g/mol. The Labute approximate surface area is 54.6 Å². The van der Waals surface area contributed by atoms with Crippen LogP contribution in [-0.2, 0) is 0 Å². The summed E-state index contributed by atoms with van der Waals surface area (Å²) >= 11 is 11.2. The summed E-state index contributed by atoms with van der Waals surface area (Å²) < 4.78 is 0.0833. The van der Waals surface area contributed by atoms with Gasteiger partial charge in [-0.25, -0.2) is 0 Å². The number of quaternary nitrogens is 1. The van der Waals surface area contributed by atoms with E-state index in [9.17, 15) is 0 Å². The van der Waals surface area contributed by atoms with E-state index in [1.165, 1.54) is 0 Å². The van der Waals surface area contributed by atoms with Gasteiger partial charge in [0.25, 0.3) is 0 Å². The summed E-state index contributed by atoms with van der Waals surface area (Å²) in [7, 11) is 0. The second-order valence-electron chi connectivity index (χ2n) is 1.40. The summed E-state index contributed by atoms with van der Waals surface area (Å²) in [4.78, 5) is 0. The van der Waals surface area contributed by atoms with E-state index >= 15 is 0 Å². The normalized spacial score (nSPS) is 12.0. The molecule has 0 heterocycles. The van der Waals surface area contributed by atoms with Gasteiger partial charge in [0.05, 0.1) is 0 Å².